The summed E-state index contributed by atoms with van der Waals surface area (Å²) in [5.74, 6) is 1.49. The number of aryl methyl sites for hydroxylation is 3. The molecule has 0 radical (unpaired) electrons. The number of nitrogens with one attached hydrogen (secondary N) is 1. The Bertz CT molecular complexity index is 2880. The number of hydrogen-bond acceptors (Lipinski definition) is 9. The molecule has 1 saturated carbocycles. The van der Waals surface area contributed by atoms with Gasteiger partial charge in [-0.05, 0) is 149 Å². The van der Waals surface area contributed by atoms with Gasteiger partial charge in [0.15, 0.2) is 11.4 Å². The van der Waals surface area contributed by atoms with Crippen molar-refractivity contribution in [3.05, 3.63) is 157 Å². The lowest BCUT2D eigenvalue weighted by atomic mass is 9.77. The van der Waals surface area contributed by atoms with Crippen LogP contribution in [0.5, 0.6) is 23.0 Å². The number of hydrogen-bond donors (Lipinski definition) is 1. The number of ether oxygens (including phenoxy) is 3. The van der Waals surface area contributed by atoms with Crippen molar-refractivity contribution in [3.8, 4) is 23.0 Å². The Labute approximate surface area is 373 Å². The molecular weight excluding hydrogens is 805 g/mol. The van der Waals surface area contributed by atoms with Gasteiger partial charge in [0, 0.05) is 71.0 Å². The quantitative estimate of drug-likeness (QED) is 0.0727. The molecule has 328 valence electrons. The summed E-state index contributed by atoms with van der Waals surface area (Å²) in [5.41, 5.74) is 6.78. The van der Waals surface area contributed by atoms with E-state index < -0.39 is 23.1 Å². The lowest BCUT2D eigenvalue weighted by molar-refractivity contribution is 0.0224. The Morgan fingerprint density at radius 1 is 0.750 bits per heavy atom. The van der Waals surface area contributed by atoms with Crippen LogP contribution in [0.15, 0.2) is 100 Å². The van der Waals surface area contributed by atoms with E-state index >= 15 is 0 Å². The molecule has 5 aromatic carbocycles. The molecule has 1 aliphatic carbocycles. The fourth-order valence-corrected chi connectivity index (χ4v) is 9.76. The molecule has 0 bridgehead atoms. The molecule has 1 amide bonds. The molecule has 3 heterocycles. The molecule has 1 aromatic heterocycles. The lowest BCUT2D eigenvalue weighted by Gasteiger charge is -2.36. The molecule has 0 saturated heterocycles. The fraction of sp³-hybridized carbons (Fsp3) is 0.333. The Kier molecular flexibility index (Phi) is 11.4. The van der Waals surface area contributed by atoms with Crippen LogP contribution < -0.4 is 25.3 Å². The van der Waals surface area contributed by atoms with E-state index in [9.17, 15) is 19.2 Å². The summed E-state index contributed by atoms with van der Waals surface area (Å²) in [6, 6.07) is 28.0. The summed E-state index contributed by atoms with van der Waals surface area (Å²) < 4.78 is 25.0. The van der Waals surface area contributed by atoms with Crippen molar-refractivity contribution in [3.63, 3.8) is 0 Å². The predicted molar refractivity (Wildman–Crippen MR) is 248 cm³/mol. The van der Waals surface area contributed by atoms with Gasteiger partial charge in [0.05, 0.1) is 5.56 Å². The minimum atomic E-state index is -1.29. The third-order valence-corrected chi connectivity index (χ3v) is 13.4. The van der Waals surface area contributed by atoms with Crippen LogP contribution >= 0.6 is 0 Å². The van der Waals surface area contributed by atoms with Crippen LogP contribution in [0.25, 0.3) is 11.0 Å². The van der Waals surface area contributed by atoms with Gasteiger partial charge < -0.3 is 28.8 Å². The van der Waals surface area contributed by atoms with Gasteiger partial charge in [0.25, 0.3) is 5.91 Å². The molecule has 10 heteroatoms. The molecule has 1 fully saturated rings. The molecule has 10 nitrogen and oxygen atoms in total. The summed E-state index contributed by atoms with van der Waals surface area (Å²) in [6.07, 6.45) is 5.13. The normalized spacial score (nSPS) is 18.4. The predicted octanol–water partition coefficient (Wildman–Crippen LogP) is 11.6. The van der Waals surface area contributed by atoms with Crippen LogP contribution in [0.1, 0.15) is 129 Å². The standard InChI is InChI=1S/C54H54N2O8/c1-7-21-56(22-8-2)39-16-12-37-28-43(52(59)63-48(37)29-39)51(58)55-38-14-10-35(11-15-38)26-47(57)36-13-19-44-42(27-36)53(60)64-54(44)45-18-9-31(3)23-49(45)62-50-30-40(17-20-46(50)54)61-41-24-32(4)34(6)33(5)25-41/h9,12-13,16-20,23-25,27-30,35,38H,7-8,10-11,14-15,21-22,26H2,1-6H3,(H,55,58). The SMILES string of the molecule is CCCN(CCC)c1ccc2cc(C(=O)NC3CCC(CC(=O)c4ccc5c(c4)C(=O)OC54c5ccc(C)cc5Oc5cc(Oc6cc(C)c(C)c(C)c6)ccc54)CC3)c(=O)oc2c1. The van der Waals surface area contributed by atoms with E-state index in [-0.39, 0.29) is 23.3 Å². The molecule has 1 N–H and O–H groups in total. The number of esters is 1. The number of carbonyl (C=O) groups is 3. The molecule has 2 aliphatic heterocycles. The number of anilines is 1. The number of amides is 1. The fourth-order valence-electron chi connectivity index (χ4n) is 9.76. The summed E-state index contributed by atoms with van der Waals surface area (Å²) in [7, 11) is 0. The first-order chi connectivity index (χ1) is 30.8. The molecule has 1 spiro atoms. The maximum absolute atomic E-state index is 13.9. The average Bonchev–Trinajstić information content (AvgIpc) is 3.56. The van der Waals surface area contributed by atoms with E-state index in [0.717, 1.165) is 66.9 Å². The zero-order chi connectivity index (χ0) is 44.9. The maximum atomic E-state index is 13.9. The molecule has 6 aromatic rings. The van der Waals surface area contributed by atoms with E-state index in [1.807, 2.05) is 79.7 Å². The van der Waals surface area contributed by atoms with Crippen LogP contribution in [0.2, 0.25) is 0 Å². The first-order valence-electron chi connectivity index (χ1n) is 22.6. The molecule has 1 unspecified atom stereocenters. The zero-order valence-electron chi connectivity index (χ0n) is 37.4. The largest absolute Gasteiger partial charge is 0.457 e. The Morgan fingerprint density at radius 2 is 1.44 bits per heavy atom. The third kappa shape index (κ3) is 7.84. The van der Waals surface area contributed by atoms with Crippen molar-refractivity contribution in [2.45, 2.75) is 98.1 Å². The summed E-state index contributed by atoms with van der Waals surface area (Å²) in [5, 5.41) is 3.74. The average molecular weight is 859 g/mol. The lowest BCUT2D eigenvalue weighted by Crippen LogP contribution is -2.39. The van der Waals surface area contributed by atoms with E-state index in [1.54, 1.807) is 18.2 Å². The number of rotatable bonds is 12. The topological polar surface area (TPSA) is 124 Å². The van der Waals surface area contributed by atoms with Crippen molar-refractivity contribution in [2.24, 2.45) is 5.92 Å². The van der Waals surface area contributed by atoms with E-state index in [1.165, 1.54) is 5.56 Å². The Balaban J connectivity index is 0.884. The minimum Gasteiger partial charge on any atom is -0.457 e. The van der Waals surface area contributed by atoms with E-state index in [0.29, 0.717) is 75.3 Å². The van der Waals surface area contributed by atoms with E-state index in [4.69, 9.17) is 18.6 Å². The van der Waals surface area contributed by atoms with Gasteiger partial charge in [-0.3, -0.25) is 9.59 Å². The Hall–Kier alpha value is -6.68. The van der Waals surface area contributed by atoms with Gasteiger partial charge in [-0.2, -0.15) is 0 Å². The second-order valence-corrected chi connectivity index (χ2v) is 17.8. The highest BCUT2D eigenvalue weighted by molar-refractivity contribution is 6.02. The molecular formula is C54H54N2O8. The second-order valence-electron chi connectivity index (χ2n) is 17.8. The second kappa shape index (κ2) is 17.1. The van der Waals surface area contributed by atoms with Crippen LogP contribution in [-0.2, 0) is 10.3 Å². The highest BCUT2D eigenvalue weighted by Crippen LogP contribution is 2.57. The van der Waals surface area contributed by atoms with Gasteiger partial charge >= 0.3 is 11.6 Å². The zero-order valence-corrected chi connectivity index (χ0v) is 37.4. The highest BCUT2D eigenvalue weighted by Gasteiger charge is 2.53. The number of benzene rings is 5. The van der Waals surface area contributed by atoms with Gasteiger partial charge in [-0.1, -0.05) is 38.1 Å². The van der Waals surface area contributed by atoms with Gasteiger partial charge in [0.2, 0.25) is 0 Å². The molecule has 64 heavy (non-hydrogen) atoms. The number of ketones is 1. The van der Waals surface area contributed by atoms with E-state index in [2.05, 4.69) is 44.8 Å². The summed E-state index contributed by atoms with van der Waals surface area (Å²) in [6.45, 7) is 14.3. The van der Waals surface area contributed by atoms with Gasteiger partial charge in [-0.25, -0.2) is 9.59 Å². The molecule has 9 rings (SSSR count). The van der Waals surface area contributed by atoms with Crippen LogP contribution in [0.4, 0.5) is 5.69 Å². The third-order valence-electron chi connectivity index (χ3n) is 13.4. The molecule has 1 atom stereocenters. The summed E-state index contributed by atoms with van der Waals surface area (Å²) in [4.78, 5) is 56.5. The monoisotopic (exact) mass is 858 g/mol. The molecule has 3 aliphatic rings. The minimum absolute atomic E-state index is 0.0155. The smallest absolute Gasteiger partial charge is 0.349 e. The van der Waals surface area contributed by atoms with Crippen LogP contribution in [0, 0.1) is 33.6 Å². The van der Waals surface area contributed by atoms with Crippen molar-refractivity contribution >= 4 is 34.3 Å². The summed E-state index contributed by atoms with van der Waals surface area (Å²) >= 11 is 0. The Morgan fingerprint density at radius 3 is 2.16 bits per heavy atom. The van der Waals surface area contributed by atoms with Crippen molar-refractivity contribution in [2.75, 3.05) is 18.0 Å². The number of Topliss-reactive ketones (excluding diaryl/α,β-unsaturated/α-hetero) is 1. The van der Waals surface area contributed by atoms with Crippen molar-refractivity contribution in [1.82, 2.24) is 5.32 Å². The first-order valence-corrected chi connectivity index (χ1v) is 22.6. The van der Waals surface area contributed by atoms with Crippen molar-refractivity contribution in [1.29, 1.82) is 0 Å². The van der Waals surface area contributed by atoms with Crippen LogP contribution in [0.3, 0.4) is 0 Å². The first kappa shape index (κ1) is 42.6. The number of nitrogens with zero attached hydrogens (tertiary/aromatic N) is 1. The highest BCUT2D eigenvalue weighted by atomic mass is 16.6. The maximum Gasteiger partial charge on any atom is 0.349 e. The number of fused-ring (bicyclic) bond motifs is 7. The van der Waals surface area contributed by atoms with Crippen molar-refractivity contribution < 1.29 is 33.0 Å². The van der Waals surface area contributed by atoms with Crippen LogP contribution in [-0.4, -0.2) is 36.8 Å². The van der Waals surface area contributed by atoms with Gasteiger partial charge in [-0.15, -0.1) is 0 Å². The van der Waals surface area contributed by atoms with Gasteiger partial charge in [0.1, 0.15) is 34.1 Å². The number of carbonyl (C=O) groups excluding carboxylic acids is 3.